The summed E-state index contributed by atoms with van der Waals surface area (Å²) in [5, 5.41) is 11.9. The number of aliphatic imine (C=N–C) groups is 1. The Morgan fingerprint density at radius 1 is 1.15 bits per heavy atom. The maximum Gasteiger partial charge on any atom is 0.337 e. The number of aliphatic hydroxyl groups excluding tert-OH is 1. The third kappa shape index (κ3) is 2.60. The van der Waals surface area contributed by atoms with Gasteiger partial charge >= 0.3 is 11.4 Å². The molecule has 3 aromatic rings. The quantitative estimate of drug-likeness (QED) is 0.708. The Bertz CT molecular complexity index is 1070. The van der Waals surface area contributed by atoms with Crippen LogP contribution in [0.1, 0.15) is 18.2 Å². The molecule has 1 aromatic carbocycles. The number of nitrogens with one attached hydrogen (secondary N) is 1. The summed E-state index contributed by atoms with van der Waals surface area (Å²) in [6, 6.07) is 16.0. The van der Waals surface area contributed by atoms with Crippen molar-refractivity contribution in [2.45, 2.75) is 13.5 Å². The summed E-state index contributed by atoms with van der Waals surface area (Å²) < 4.78 is 3.35. The smallest absolute Gasteiger partial charge is 0.337 e. The number of H-pyrrole nitrogens is 1. The summed E-state index contributed by atoms with van der Waals surface area (Å²) in [5.74, 6) is 0.719. The van der Waals surface area contributed by atoms with Gasteiger partial charge in [-0.2, -0.15) is 4.57 Å². The molecule has 3 heterocycles. The summed E-state index contributed by atoms with van der Waals surface area (Å²) in [7, 11) is 0. The maximum atomic E-state index is 12.5. The van der Waals surface area contributed by atoms with Crippen LogP contribution in [0.4, 0.5) is 5.69 Å². The fourth-order valence-electron chi connectivity index (χ4n) is 3.27. The SMILES string of the molecule is CC1=C(c2ccccc2)C(=Nc2c[nH]n(CCO)c2=O)[n+]2ccccc21. The third-order valence-electron chi connectivity index (χ3n) is 4.50. The van der Waals surface area contributed by atoms with E-state index in [9.17, 15) is 4.79 Å². The highest BCUT2D eigenvalue weighted by Gasteiger charge is 2.34. The standard InChI is InChI=1S/C20H18N4O2/c1-14-17-9-5-6-10-23(17)19(18(14)15-7-3-2-4-8-15)22-16-13-21-24(11-12-25)20(16)26/h2-10,13,25H,11-12H2,1H3/p+1. The minimum absolute atomic E-state index is 0.109. The van der Waals surface area contributed by atoms with E-state index < -0.39 is 0 Å². The van der Waals surface area contributed by atoms with Crippen LogP contribution in [0.2, 0.25) is 0 Å². The van der Waals surface area contributed by atoms with Gasteiger partial charge in [-0.1, -0.05) is 36.4 Å². The molecule has 26 heavy (non-hydrogen) atoms. The van der Waals surface area contributed by atoms with Gasteiger partial charge in [-0.05, 0) is 29.6 Å². The van der Waals surface area contributed by atoms with Gasteiger partial charge in [0.05, 0.1) is 31.1 Å². The molecule has 0 amide bonds. The van der Waals surface area contributed by atoms with Crippen molar-refractivity contribution < 1.29 is 9.67 Å². The van der Waals surface area contributed by atoms with Crippen molar-refractivity contribution in [3.05, 3.63) is 82.5 Å². The topological polar surface area (TPSA) is 74.3 Å². The zero-order valence-electron chi connectivity index (χ0n) is 14.4. The number of allylic oxidation sites excluding steroid dienone is 2. The average Bonchev–Trinajstić information content (AvgIpc) is 3.16. The molecule has 6 heteroatoms. The first-order chi connectivity index (χ1) is 12.7. The Morgan fingerprint density at radius 2 is 1.92 bits per heavy atom. The summed E-state index contributed by atoms with van der Waals surface area (Å²) in [5.41, 5.74) is 4.29. The molecule has 0 spiro atoms. The van der Waals surface area contributed by atoms with Crippen LogP contribution >= 0.6 is 0 Å². The van der Waals surface area contributed by atoms with Gasteiger partial charge in [-0.15, -0.1) is 0 Å². The number of aromatic amines is 1. The van der Waals surface area contributed by atoms with Gasteiger partial charge in [-0.3, -0.25) is 9.89 Å². The van der Waals surface area contributed by atoms with Crippen LogP contribution in [0, 0.1) is 0 Å². The molecular formula is C20H19N4O2+. The van der Waals surface area contributed by atoms with Crippen molar-refractivity contribution in [3.8, 4) is 0 Å². The van der Waals surface area contributed by atoms with E-state index >= 15 is 0 Å². The lowest BCUT2D eigenvalue weighted by atomic mass is 10.0. The highest BCUT2D eigenvalue weighted by molar-refractivity contribution is 6.28. The van der Waals surface area contributed by atoms with E-state index in [2.05, 4.69) is 17.0 Å². The fraction of sp³-hybridized carbons (Fsp3) is 0.150. The number of rotatable bonds is 4. The summed E-state index contributed by atoms with van der Waals surface area (Å²) >= 11 is 0. The van der Waals surface area contributed by atoms with Crippen molar-refractivity contribution in [2.24, 2.45) is 4.99 Å². The molecule has 0 radical (unpaired) electrons. The largest absolute Gasteiger partial charge is 0.394 e. The van der Waals surface area contributed by atoms with Crippen LogP contribution in [0.15, 0.2) is 70.7 Å². The number of hydrogen-bond donors (Lipinski definition) is 2. The first kappa shape index (κ1) is 16.2. The molecule has 1 aliphatic rings. The van der Waals surface area contributed by atoms with E-state index in [1.54, 1.807) is 6.20 Å². The van der Waals surface area contributed by atoms with Gasteiger partial charge in [0.2, 0.25) is 0 Å². The number of aliphatic hydroxyl groups is 1. The lowest BCUT2D eigenvalue weighted by Crippen LogP contribution is -2.42. The Morgan fingerprint density at radius 3 is 2.69 bits per heavy atom. The number of nitrogens with zero attached hydrogens (tertiary/aromatic N) is 3. The second kappa shape index (κ2) is 6.57. The van der Waals surface area contributed by atoms with Gasteiger partial charge in [0.25, 0.3) is 5.69 Å². The van der Waals surface area contributed by atoms with Crippen LogP contribution in [0.5, 0.6) is 0 Å². The maximum absolute atomic E-state index is 12.5. The number of pyridine rings is 1. The Labute approximate surface area is 150 Å². The molecule has 2 aromatic heterocycles. The van der Waals surface area contributed by atoms with E-state index in [1.165, 1.54) is 4.68 Å². The molecule has 0 atom stereocenters. The first-order valence-corrected chi connectivity index (χ1v) is 8.46. The molecule has 130 valence electrons. The normalized spacial score (nSPS) is 14.9. The van der Waals surface area contributed by atoms with E-state index in [0.717, 1.165) is 28.2 Å². The number of fused-ring (bicyclic) bond motifs is 1. The average molecular weight is 347 g/mol. The number of hydrogen-bond acceptors (Lipinski definition) is 3. The molecular weight excluding hydrogens is 328 g/mol. The van der Waals surface area contributed by atoms with E-state index in [1.807, 2.05) is 59.3 Å². The van der Waals surface area contributed by atoms with Gasteiger partial charge in [-0.25, -0.2) is 4.68 Å². The van der Waals surface area contributed by atoms with E-state index in [4.69, 9.17) is 5.11 Å². The van der Waals surface area contributed by atoms with Crippen LogP contribution in [-0.2, 0) is 6.54 Å². The van der Waals surface area contributed by atoms with Gasteiger partial charge in [0.15, 0.2) is 0 Å². The molecule has 0 bridgehead atoms. The van der Waals surface area contributed by atoms with Crippen molar-refractivity contribution in [1.29, 1.82) is 0 Å². The van der Waals surface area contributed by atoms with E-state index in [0.29, 0.717) is 5.69 Å². The van der Waals surface area contributed by atoms with Gasteiger partial charge < -0.3 is 5.11 Å². The molecule has 0 unspecified atom stereocenters. The van der Waals surface area contributed by atoms with Crippen molar-refractivity contribution in [3.63, 3.8) is 0 Å². The van der Waals surface area contributed by atoms with Crippen LogP contribution in [-0.4, -0.2) is 27.3 Å². The Kier molecular flexibility index (Phi) is 4.10. The van der Waals surface area contributed by atoms with Crippen molar-refractivity contribution in [2.75, 3.05) is 6.61 Å². The third-order valence-corrected chi connectivity index (χ3v) is 4.50. The molecule has 4 rings (SSSR count). The predicted octanol–water partition coefficient (Wildman–Crippen LogP) is 1.98. The molecule has 2 N–H and O–H groups in total. The molecule has 0 fully saturated rings. The summed E-state index contributed by atoms with van der Waals surface area (Å²) in [4.78, 5) is 17.2. The van der Waals surface area contributed by atoms with Crippen LogP contribution in [0.3, 0.4) is 0 Å². The van der Waals surface area contributed by atoms with Crippen molar-refractivity contribution in [1.82, 2.24) is 9.78 Å². The van der Waals surface area contributed by atoms with Crippen LogP contribution < -0.4 is 10.1 Å². The summed E-state index contributed by atoms with van der Waals surface area (Å²) in [6.45, 7) is 2.17. The number of benzene rings is 1. The zero-order chi connectivity index (χ0) is 18.1. The lowest BCUT2D eigenvalue weighted by Gasteiger charge is -2.00. The van der Waals surface area contributed by atoms with Gasteiger partial charge in [0.1, 0.15) is 5.69 Å². The highest BCUT2D eigenvalue weighted by Crippen LogP contribution is 2.30. The number of aromatic nitrogens is 3. The first-order valence-electron chi connectivity index (χ1n) is 8.46. The Balaban J connectivity index is 1.91. The minimum Gasteiger partial charge on any atom is -0.394 e. The highest BCUT2D eigenvalue weighted by atomic mass is 16.3. The predicted molar refractivity (Wildman–Crippen MR) is 100 cm³/mol. The van der Waals surface area contributed by atoms with Gasteiger partial charge in [0, 0.05) is 5.57 Å². The second-order valence-corrected chi connectivity index (χ2v) is 6.10. The molecule has 1 aliphatic heterocycles. The van der Waals surface area contributed by atoms with Crippen molar-refractivity contribution >= 4 is 22.7 Å². The minimum atomic E-state index is -0.249. The van der Waals surface area contributed by atoms with Crippen LogP contribution in [0.25, 0.3) is 11.1 Å². The lowest BCUT2D eigenvalue weighted by molar-refractivity contribution is -0.553. The molecule has 6 nitrogen and oxygen atoms in total. The zero-order valence-corrected chi connectivity index (χ0v) is 14.4. The molecule has 0 saturated carbocycles. The molecule has 0 saturated heterocycles. The molecule has 0 aliphatic carbocycles. The fourth-order valence-corrected chi connectivity index (χ4v) is 3.27. The second-order valence-electron chi connectivity index (χ2n) is 6.10. The monoisotopic (exact) mass is 347 g/mol. The Hall–Kier alpha value is -3.25. The summed E-state index contributed by atoms with van der Waals surface area (Å²) in [6.07, 6.45) is 3.52. The van der Waals surface area contributed by atoms with E-state index in [-0.39, 0.29) is 18.7 Å².